The summed E-state index contributed by atoms with van der Waals surface area (Å²) < 4.78 is 4.65. The van der Waals surface area contributed by atoms with Crippen LogP contribution in [0.15, 0.2) is 42.5 Å². The highest BCUT2D eigenvalue weighted by Gasteiger charge is 2.17. The largest absolute Gasteiger partial charge is 0.453 e. The molecule has 30 heavy (non-hydrogen) atoms. The molecule has 0 spiro atoms. The molecule has 0 fully saturated rings. The number of aryl methyl sites for hydroxylation is 1. The minimum Gasteiger partial charge on any atom is -0.453 e. The summed E-state index contributed by atoms with van der Waals surface area (Å²) in [5.41, 5.74) is 14.1. The molecular formula is C25H31N3O2. The summed E-state index contributed by atoms with van der Waals surface area (Å²) in [6.45, 7) is 7.46. The number of aromatic nitrogens is 1. The summed E-state index contributed by atoms with van der Waals surface area (Å²) in [6.07, 6.45) is 1.19. The number of ether oxygens (including phenoxy) is 1. The SMILES string of the molecule is COC(=O)NCCc1ccc2nc(CC(C)C)c(CN)c(-c3ccc(C)cc3)c2c1. The van der Waals surface area contributed by atoms with Crippen LogP contribution in [0.2, 0.25) is 0 Å². The number of carbonyl (C=O) groups is 1. The molecule has 0 bridgehead atoms. The fourth-order valence-electron chi connectivity index (χ4n) is 3.76. The minimum atomic E-state index is -0.415. The molecule has 1 aromatic heterocycles. The van der Waals surface area contributed by atoms with Crippen molar-refractivity contribution in [1.82, 2.24) is 10.3 Å². The molecule has 0 aliphatic heterocycles. The molecule has 2 aromatic carbocycles. The van der Waals surface area contributed by atoms with E-state index in [0.29, 0.717) is 25.4 Å². The monoisotopic (exact) mass is 405 g/mol. The Morgan fingerprint density at radius 1 is 1.17 bits per heavy atom. The van der Waals surface area contributed by atoms with E-state index in [2.05, 4.69) is 73.3 Å². The molecule has 0 unspecified atom stereocenters. The Kier molecular flexibility index (Phi) is 7.06. The molecule has 1 heterocycles. The summed E-state index contributed by atoms with van der Waals surface area (Å²) in [4.78, 5) is 16.3. The second kappa shape index (κ2) is 9.72. The number of benzene rings is 2. The maximum absolute atomic E-state index is 11.3. The summed E-state index contributed by atoms with van der Waals surface area (Å²) in [6, 6.07) is 14.9. The molecule has 5 heteroatoms. The van der Waals surface area contributed by atoms with Crippen LogP contribution in [0, 0.1) is 12.8 Å². The third kappa shape index (κ3) is 4.97. The number of rotatable bonds is 7. The fraction of sp³-hybridized carbons (Fsp3) is 0.360. The highest BCUT2D eigenvalue weighted by Crippen LogP contribution is 2.34. The second-order valence-electron chi connectivity index (χ2n) is 8.10. The van der Waals surface area contributed by atoms with E-state index in [9.17, 15) is 4.79 Å². The molecule has 0 saturated heterocycles. The maximum Gasteiger partial charge on any atom is 0.406 e. The van der Waals surface area contributed by atoms with Gasteiger partial charge >= 0.3 is 6.09 Å². The summed E-state index contributed by atoms with van der Waals surface area (Å²) >= 11 is 0. The lowest BCUT2D eigenvalue weighted by Gasteiger charge is -2.18. The third-order valence-electron chi connectivity index (χ3n) is 5.25. The number of nitrogens with two attached hydrogens (primary N) is 1. The van der Waals surface area contributed by atoms with E-state index in [1.807, 2.05) is 0 Å². The lowest BCUT2D eigenvalue weighted by molar-refractivity contribution is 0.171. The Labute approximate surface area is 178 Å². The summed E-state index contributed by atoms with van der Waals surface area (Å²) in [5, 5.41) is 3.84. The van der Waals surface area contributed by atoms with Gasteiger partial charge < -0.3 is 15.8 Å². The third-order valence-corrected chi connectivity index (χ3v) is 5.25. The number of amides is 1. The standard InChI is InChI=1S/C25H31N3O2/c1-16(2)13-23-21(15-26)24(19-8-5-17(3)6-9-19)20-14-18(7-10-22(20)28-23)11-12-27-25(29)30-4/h5-10,14,16H,11-13,15,26H2,1-4H3,(H,27,29). The topological polar surface area (TPSA) is 77.2 Å². The van der Waals surface area contributed by atoms with E-state index in [0.717, 1.165) is 39.7 Å². The lowest BCUT2D eigenvalue weighted by Crippen LogP contribution is -2.25. The van der Waals surface area contributed by atoms with Gasteiger partial charge in [0.25, 0.3) is 0 Å². The number of fused-ring (bicyclic) bond motifs is 1. The Morgan fingerprint density at radius 2 is 1.90 bits per heavy atom. The first kappa shape index (κ1) is 21.8. The van der Waals surface area contributed by atoms with Crippen LogP contribution in [-0.2, 0) is 24.1 Å². The lowest BCUT2D eigenvalue weighted by atomic mass is 9.90. The molecule has 1 amide bonds. The van der Waals surface area contributed by atoms with E-state index in [1.54, 1.807) is 0 Å². The Morgan fingerprint density at radius 3 is 2.53 bits per heavy atom. The number of carbonyl (C=O) groups excluding carboxylic acids is 1. The number of nitrogens with zero attached hydrogens (tertiary/aromatic N) is 1. The van der Waals surface area contributed by atoms with Gasteiger partial charge in [-0.3, -0.25) is 4.98 Å². The Balaban J connectivity index is 2.13. The number of alkyl carbamates (subject to hydrolysis) is 1. The first-order chi connectivity index (χ1) is 14.4. The highest BCUT2D eigenvalue weighted by atomic mass is 16.5. The maximum atomic E-state index is 11.3. The van der Waals surface area contributed by atoms with Gasteiger partial charge in [-0.25, -0.2) is 4.79 Å². The average molecular weight is 406 g/mol. The van der Waals surface area contributed by atoms with Crippen molar-refractivity contribution in [3.8, 4) is 11.1 Å². The smallest absolute Gasteiger partial charge is 0.406 e. The van der Waals surface area contributed by atoms with Crippen LogP contribution in [0.4, 0.5) is 4.79 Å². The molecule has 5 nitrogen and oxygen atoms in total. The van der Waals surface area contributed by atoms with Crippen LogP contribution in [0.1, 0.15) is 36.2 Å². The molecule has 0 atom stereocenters. The van der Waals surface area contributed by atoms with Crippen molar-refractivity contribution in [1.29, 1.82) is 0 Å². The van der Waals surface area contributed by atoms with Gasteiger partial charge in [0.15, 0.2) is 0 Å². The van der Waals surface area contributed by atoms with E-state index in [4.69, 9.17) is 10.7 Å². The van der Waals surface area contributed by atoms with E-state index in [1.165, 1.54) is 18.2 Å². The predicted octanol–water partition coefficient (Wildman–Crippen LogP) is 4.77. The number of pyridine rings is 1. The second-order valence-corrected chi connectivity index (χ2v) is 8.10. The van der Waals surface area contributed by atoms with Crippen LogP contribution in [0.3, 0.4) is 0 Å². The molecule has 0 saturated carbocycles. The molecule has 0 aliphatic rings. The van der Waals surface area contributed by atoms with Crippen molar-refractivity contribution in [2.75, 3.05) is 13.7 Å². The van der Waals surface area contributed by atoms with E-state index < -0.39 is 6.09 Å². The van der Waals surface area contributed by atoms with Gasteiger partial charge in [-0.05, 0) is 60.1 Å². The van der Waals surface area contributed by atoms with Gasteiger partial charge in [-0.1, -0.05) is 49.7 Å². The molecule has 158 valence electrons. The van der Waals surface area contributed by atoms with Gasteiger partial charge in [0, 0.05) is 24.2 Å². The van der Waals surface area contributed by atoms with Crippen LogP contribution >= 0.6 is 0 Å². The average Bonchev–Trinajstić information content (AvgIpc) is 2.73. The van der Waals surface area contributed by atoms with E-state index >= 15 is 0 Å². The first-order valence-corrected chi connectivity index (χ1v) is 10.5. The molecule has 3 aromatic rings. The van der Waals surface area contributed by atoms with Gasteiger partial charge in [0.1, 0.15) is 0 Å². The van der Waals surface area contributed by atoms with Crippen molar-refractivity contribution < 1.29 is 9.53 Å². The fourth-order valence-corrected chi connectivity index (χ4v) is 3.76. The zero-order valence-corrected chi connectivity index (χ0v) is 18.3. The zero-order valence-electron chi connectivity index (χ0n) is 18.3. The normalized spacial score (nSPS) is 11.1. The van der Waals surface area contributed by atoms with Gasteiger partial charge in [0.05, 0.1) is 12.6 Å². The molecule has 0 aliphatic carbocycles. The zero-order chi connectivity index (χ0) is 21.7. The van der Waals surface area contributed by atoms with Crippen LogP contribution in [-0.4, -0.2) is 24.7 Å². The number of hydrogen-bond acceptors (Lipinski definition) is 4. The van der Waals surface area contributed by atoms with E-state index in [-0.39, 0.29) is 0 Å². The predicted molar refractivity (Wildman–Crippen MR) is 122 cm³/mol. The summed E-state index contributed by atoms with van der Waals surface area (Å²) in [7, 11) is 1.37. The van der Waals surface area contributed by atoms with Gasteiger partial charge in [-0.2, -0.15) is 0 Å². The van der Waals surface area contributed by atoms with Crippen molar-refractivity contribution in [2.45, 2.75) is 40.2 Å². The Hall–Kier alpha value is -2.92. The minimum absolute atomic E-state index is 0.415. The molecular weight excluding hydrogens is 374 g/mol. The van der Waals surface area contributed by atoms with Gasteiger partial charge in [0.2, 0.25) is 0 Å². The van der Waals surface area contributed by atoms with Crippen molar-refractivity contribution >= 4 is 17.0 Å². The summed E-state index contributed by atoms with van der Waals surface area (Å²) in [5.74, 6) is 0.495. The number of hydrogen-bond donors (Lipinski definition) is 2. The van der Waals surface area contributed by atoms with Crippen molar-refractivity contribution in [3.05, 3.63) is 64.8 Å². The quantitative estimate of drug-likeness (QED) is 0.594. The van der Waals surface area contributed by atoms with Crippen molar-refractivity contribution in [3.63, 3.8) is 0 Å². The Bertz CT molecular complexity index is 1030. The molecule has 3 rings (SSSR count). The van der Waals surface area contributed by atoms with Crippen LogP contribution < -0.4 is 11.1 Å². The number of nitrogens with one attached hydrogen (secondary N) is 1. The van der Waals surface area contributed by atoms with Crippen LogP contribution in [0.25, 0.3) is 22.0 Å². The number of methoxy groups -OCH3 is 1. The van der Waals surface area contributed by atoms with Crippen LogP contribution in [0.5, 0.6) is 0 Å². The molecule has 0 radical (unpaired) electrons. The van der Waals surface area contributed by atoms with Crippen molar-refractivity contribution in [2.24, 2.45) is 11.7 Å². The van der Waals surface area contributed by atoms with Gasteiger partial charge in [-0.15, -0.1) is 0 Å². The highest BCUT2D eigenvalue weighted by molar-refractivity contribution is 5.97. The molecule has 3 N–H and O–H groups in total. The first-order valence-electron chi connectivity index (χ1n) is 10.5.